The molecule has 1 aromatic heterocycles. The fraction of sp³-hybridized carbons (Fsp3) is 0.100. The summed E-state index contributed by atoms with van der Waals surface area (Å²) in [6.45, 7) is 1.87. The van der Waals surface area contributed by atoms with Gasteiger partial charge in [-0.15, -0.1) is 0 Å². The molecular weight excluding hydrogens is 334 g/mol. The molecule has 5 heteroatoms. The van der Waals surface area contributed by atoms with E-state index < -0.39 is 0 Å². The summed E-state index contributed by atoms with van der Waals surface area (Å²) in [6, 6.07) is 18.8. The number of carbonyl (C=O) groups is 1. The maximum absolute atomic E-state index is 12.6. The molecule has 3 aromatic rings. The number of rotatable bonds is 4. The van der Waals surface area contributed by atoms with Crippen molar-refractivity contribution in [3.8, 4) is 0 Å². The summed E-state index contributed by atoms with van der Waals surface area (Å²) in [4.78, 5) is 18.9. The average Bonchev–Trinajstić information content (AvgIpc) is 2.65. The summed E-state index contributed by atoms with van der Waals surface area (Å²) in [5, 5.41) is 3.53. The Bertz CT molecular complexity index is 896. The van der Waals surface area contributed by atoms with E-state index in [1.807, 2.05) is 61.3 Å². The van der Waals surface area contributed by atoms with Crippen LogP contribution in [0.3, 0.4) is 0 Å². The molecule has 4 nitrogen and oxygen atoms in total. The summed E-state index contributed by atoms with van der Waals surface area (Å²) >= 11 is 6.11. The first kappa shape index (κ1) is 17.0. The lowest BCUT2D eigenvalue weighted by molar-refractivity contribution is 0.102. The van der Waals surface area contributed by atoms with Gasteiger partial charge >= 0.3 is 0 Å². The van der Waals surface area contributed by atoms with E-state index in [4.69, 9.17) is 11.6 Å². The molecular formula is C20H18ClN3O. The molecule has 3 rings (SSSR count). The average molecular weight is 352 g/mol. The fourth-order valence-electron chi connectivity index (χ4n) is 2.46. The van der Waals surface area contributed by atoms with Crippen molar-refractivity contribution in [2.75, 3.05) is 17.3 Å². The monoisotopic (exact) mass is 351 g/mol. The molecule has 1 N–H and O–H groups in total. The van der Waals surface area contributed by atoms with Crippen molar-refractivity contribution in [3.05, 3.63) is 83.0 Å². The Kier molecular flexibility index (Phi) is 5.00. The summed E-state index contributed by atoms with van der Waals surface area (Å²) in [5.41, 5.74) is 3.07. The number of benzene rings is 2. The second-order valence-electron chi connectivity index (χ2n) is 5.66. The van der Waals surface area contributed by atoms with Crippen LogP contribution in [0.4, 0.5) is 17.2 Å². The predicted molar refractivity (Wildman–Crippen MR) is 103 cm³/mol. The number of nitrogens with one attached hydrogen (secondary N) is 1. The van der Waals surface area contributed by atoms with Crippen molar-refractivity contribution >= 4 is 34.7 Å². The van der Waals surface area contributed by atoms with Gasteiger partial charge in [0.2, 0.25) is 0 Å². The highest BCUT2D eigenvalue weighted by atomic mass is 35.5. The smallest absolute Gasteiger partial charge is 0.255 e. The third-order valence-corrected chi connectivity index (χ3v) is 4.42. The highest BCUT2D eigenvalue weighted by Gasteiger charge is 2.12. The number of halogens is 1. The number of pyridine rings is 1. The number of aromatic nitrogens is 1. The normalized spacial score (nSPS) is 10.4. The number of para-hydroxylation sites is 1. The Morgan fingerprint density at radius 1 is 1.08 bits per heavy atom. The van der Waals surface area contributed by atoms with Crippen LogP contribution < -0.4 is 10.2 Å². The lowest BCUT2D eigenvalue weighted by Gasteiger charge is -2.18. The number of hydrogen-bond donors (Lipinski definition) is 1. The lowest BCUT2D eigenvalue weighted by atomic mass is 10.1. The minimum atomic E-state index is -0.199. The Morgan fingerprint density at radius 3 is 2.60 bits per heavy atom. The molecule has 0 atom stereocenters. The van der Waals surface area contributed by atoms with Crippen LogP contribution in [0.25, 0.3) is 0 Å². The molecule has 0 saturated carbocycles. The van der Waals surface area contributed by atoms with Crippen molar-refractivity contribution in [2.24, 2.45) is 0 Å². The van der Waals surface area contributed by atoms with Gasteiger partial charge in [-0.3, -0.25) is 4.79 Å². The molecule has 0 aliphatic rings. The van der Waals surface area contributed by atoms with E-state index in [0.717, 1.165) is 11.3 Å². The van der Waals surface area contributed by atoms with Crippen molar-refractivity contribution in [2.45, 2.75) is 6.92 Å². The second kappa shape index (κ2) is 7.36. The molecule has 0 aliphatic heterocycles. The molecule has 2 aromatic carbocycles. The van der Waals surface area contributed by atoms with Gasteiger partial charge in [-0.2, -0.15) is 0 Å². The highest BCUT2D eigenvalue weighted by molar-refractivity contribution is 6.31. The number of carbonyl (C=O) groups excluding carboxylic acids is 1. The number of anilines is 3. The Balaban J connectivity index is 1.83. The van der Waals surface area contributed by atoms with E-state index >= 15 is 0 Å². The maximum atomic E-state index is 12.6. The van der Waals surface area contributed by atoms with E-state index in [-0.39, 0.29) is 5.91 Å². The number of amides is 1. The van der Waals surface area contributed by atoms with Crippen molar-refractivity contribution in [1.29, 1.82) is 0 Å². The quantitative estimate of drug-likeness (QED) is 0.714. The molecule has 0 saturated heterocycles. The van der Waals surface area contributed by atoms with Crippen LogP contribution in [-0.2, 0) is 0 Å². The van der Waals surface area contributed by atoms with Crippen molar-refractivity contribution in [3.63, 3.8) is 0 Å². The van der Waals surface area contributed by atoms with E-state index in [1.54, 1.807) is 24.4 Å². The summed E-state index contributed by atoms with van der Waals surface area (Å²) in [7, 11) is 1.92. The first-order valence-electron chi connectivity index (χ1n) is 7.87. The third-order valence-electron chi connectivity index (χ3n) is 4.01. The molecule has 0 fully saturated rings. The zero-order chi connectivity index (χ0) is 17.8. The molecule has 1 amide bonds. The standard InChI is InChI=1S/C20H18ClN3O/c1-14-17(21)9-6-10-18(14)23-20(25)15-11-12-22-19(13-15)24(2)16-7-4-3-5-8-16/h3-13H,1-2H3,(H,23,25). The van der Waals surface area contributed by atoms with Crippen LogP contribution in [0.5, 0.6) is 0 Å². The van der Waals surface area contributed by atoms with Gasteiger partial charge in [-0.05, 0) is 48.9 Å². The topological polar surface area (TPSA) is 45.2 Å². The van der Waals surface area contributed by atoms with Gasteiger partial charge in [0.1, 0.15) is 5.82 Å². The highest BCUT2D eigenvalue weighted by Crippen LogP contribution is 2.25. The van der Waals surface area contributed by atoms with Crippen LogP contribution in [0.1, 0.15) is 15.9 Å². The summed E-state index contributed by atoms with van der Waals surface area (Å²) in [6.07, 6.45) is 1.63. The van der Waals surface area contributed by atoms with E-state index in [1.165, 1.54) is 0 Å². The minimum Gasteiger partial charge on any atom is -0.329 e. The van der Waals surface area contributed by atoms with Crippen LogP contribution in [0.2, 0.25) is 5.02 Å². The molecule has 1 heterocycles. The van der Waals surface area contributed by atoms with E-state index in [0.29, 0.717) is 22.1 Å². The second-order valence-corrected chi connectivity index (χ2v) is 6.07. The maximum Gasteiger partial charge on any atom is 0.255 e. The molecule has 0 bridgehead atoms. The molecule has 0 spiro atoms. The first-order valence-corrected chi connectivity index (χ1v) is 8.25. The SMILES string of the molecule is Cc1c(Cl)cccc1NC(=O)c1ccnc(N(C)c2ccccc2)c1. The summed E-state index contributed by atoms with van der Waals surface area (Å²) < 4.78 is 0. The van der Waals surface area contributed by atoms with Crippen molar-refractivity contribution < 1.29 is 4.79 Å². The van der Waals surface area contributed by atoms with Gasteiger partial charge in [0.05, 0.1) is 0 Å². The van der Waals surface area contributed by atoms with Crippen LogP contribution >= 0.6 is 11.6 Å². The van der Waals surface area contributed by atoms with Gasteiger partial charge in [-0.1, -0.05) is 35.9 Å². The fourth-order valence-corrected chi connectivity index (χ4v) is 2.64. The van der Waals surface area contributed by atoms with Gasteiger partial charge in [-0.25, -0.2) is 4.98 Å². The number of nitrogens with zero attached hydrogens (tertiary/aromatic N) is 2. The largest absolute Gasteiger partial charge is 0.329 e. The molecule has 0 aliphatic carbocycles. The van der Waals surface area contributed by atoms with Crippen LogP contribution in [-0.4, -0.2) is 17.9 Å². The molecule has 25 heavy (non-hydrogen) atoms. The van der Waals surface area contributed by atoms with Crippen LogP contribution in [0.15, 0.2) is 66.9 Å². The van der Waals surface area contributed by atoms with Gasteiger partial charge in [0.25, 0.3) is 5.91 Å². The lowest BCUT2D eigenvalue weighted by Crippen LogP contribution is -2.15. The van der Waals surface area contributed by atoms with E-state index in [2.05, 4.69) is 10.3 Å². The Morgan fingerprint density at radius 2 is 1.84 bits per heavy atom. The zero-order valence-corrected chi connectivity index (χ0v) is 14.8. The Labute approximate surface area is 152 Å². The van der Waals surface area contributed by atoms with Gasteiger partial charge in [0.15, 0.2) is 0 Å². The first-order chi connectivity index (χ1) is 12.1. The predicted octanol–water partition coefficient (Wildman–Crippen LogP) is 5.06. The van der Waals surface area contributed by atoms with Gasteiger partial charge < -0.3 is 10.2 Å². The molecule has 126 valence electrons. The van der Waals surface area contributed by atoms with Crippen molar-refractivity contribution in [1.82, 2.24) is 4.98 Å². The molecule has 0 radical (unpaired) electrons. The van der Waals surface area contributed by atoms with Gasteiger partial charge in [0, 0.05) is 35.2 Å². The zero-order valence-electron chi connectivity index (χ0n) is 14.0. The van der Waals surface area contributed by atoms with E-state index in [9.17, 15) is 4.79 Å². The van der Waals surface area contributed by atoms with Crippen LogP contribution in [0, 0.1) is 6.92 Å². The third kappa shape index (κ3) is 3.80. The Hall–Kier alpha value is -2.85. The number of hydrogen-bond acceptors (Lipinski definition) is 3. The summed E-state index contributed by atoms with van der Waals surface area (Å²) in [5.74, 6) is 0.497. The molecule has 0 unspecified atom stereocenters. The minimum absolute atomic E-state index is 0.199.